The first-order chi connectivity index (χ1) is 10.2. The topological polar surface area (TPSA) is 56.6 Å². The number of hydrogen-bond donors (Lipinski definition) is 0. The van der Waals surface area contributed by atoms with Gasteiger partial charge < -0.3 is 14.4 Å². The summed E-state index contributed by atoms with van der Waals surface area (Å²) in [4.78, 5) is 13.5. The molecule has 9 heteroatoms. The Labute approximate surface area is 135 Å². The number of likely N-dealkylation sites (tertiary alicyclic amines) is 1. The first-order valence-corrected chi connectivity index (χ1v) is 7.62. The van der Waals surface area contributed by atoms with Gasteiger partial charge in [-0.05, 0) is 36.7 Å². The van der Waals surface area contributed by atoms with Crippen molar-refractivity contribution in [2.24, 2.45) is 0 Å². The third-order valence-corrected chi connectivity index (χ3v) is 3.50. The van der Waals surface area contributed by atoms with Gasteiger partial charge in [0, 0.05) is 13.0 Å². The molecule has 22 heavy (non-hydrogen) atoms. The fourth-order valence-electron chi connectivity index (χ4n) is 2.03. The molecule has 1 aromatic rings. The zero-order chi connectivity index (χ0) is 16.5. The number of alkyl halides is 2. The van der Waals surface area contributed by atoms with Crippen LogP contribution in [0.4, 0.5) is 13.6 Å². The molecule has 1 amide bonds. The smallest absolute Gasteiger partial charge is 0.410 e. The van der Waals surface area contributed by atoms with E-state index >= 15 is 0 Å². The molecule has 1 aromatic heterocycles. The van der Waals surface area contributed by atoms with Crippen molar-refractivity contribution in [2.45, 2.75) is 45.4 Å². The molecule has 124 valence electrons. The van der Waals surface area contributed by atoms with Crippen molar-refractivity contribution in [3.63, 3.8) is 0 Å². The number of ether oxygens (including phenoxy) is 2. The van der Waals surface area contributed by atoms with Crippen molar-refractivity contribution in [3.05, 3.63) is 10.8 Å². The lowest BCUT2D eigenvalue weighted by Crippen LogP contribution is -2.36. The van der Waals surface area contributed by atoms with E-state index in [-0.39, 0.29) is 16.5 Å². The Morgan fingerprint density at radius 1 is 1.50 bits per heavy atom. The van der Waals surface area contributed by atoms with Crippen LogP contribution in [0.15, 0.2) is 10.8 Å². The fraction of sp³-hybridized carbons (Fsp3) is 0.692. The lowest BCUT2D eigenvalue weighted by Gasteiger charge is -2.24. The van der Waals surface area contributed by atoms with E-state index in [0.29, 0.717) is 24.2 Å². The van der Waals surface area contributed by atoms with E-state index in [1.165, 1.54) is 0 Å². The van der Waals surface area contributed by atoms with Crippen LogP contribution < -0.4 is 4.74 Å². The van der Waals surface area contributed by atoms with Gasteiger partial charge in [0.1, 0.15) is 11.7 Å². The van der Waals surface area contributed by atoms with Gasteiger partial charge in [-0.1, -0.05) is 0 Å². The molecular weight excluding hydrogens is 364 g/mol. The van der Waals surface area contributed by atoms with Gasteiger partial charge in [0.25, 0.3) is 0 Å². The van der Waals surface area contributed by atoms with Crippen molar-refractivity contribution in [1.29, 1.82) is 0 Å². The van der Waals surface area contributed by atoms with E-state index in [9.17, 15) is 13.6 Å². The molecule has 1 aliphatic heterocycles. The Kier molecular flexibility index (Phi) is 4.93. The van der Waals surface area contributed by atoms with Crippen LogP contribution in [0.3, 0.4) is 0 Å². The molecule has 0 radical (unpaired) electrons. The number of carbonyl (C=O) groups excluding carboxylic acids is 1. The second-order valence-electron chi connectivity index (χ2n) is 6.00. The number of halogens is 3. The molecule has 0 saturated carbocycles. The molecular formula is C13H18BrF2N3O3. The molecule has 2 rings (SSSR count). The monoisotopic (exact) mass is 381 g/mol. The van der Waals surface area contributed by atoms with Gasteiger partial charge in [-0.25, -0.2) is 9.48 Å². The standard InChI is InChI=1S/C13H18BrF2N3O3/c1-13(2,3)22-12(20)18-5-4-8(6-18)21-9-7-19(11(15)16)17-10(9)14/h7-8,11H,4-6H2,1-3H3/t8-/m0/s1. The van der Waals surface area contributed by atoms with Gasteiger partial charge in [0.2, 0.25) is 0 Å². The Morgan fingerprint density at radius 3 is 2.73 bits per heavy atom. The normalized spacial score (nSPS) is 18.9. The highest BCUT2D eigenvalue weighted by Crippen LogP contribution is 2.28. The van der Waals surface area contributed by atoms with Gasteiger partial charge in [-0.3, -0.25) is 0 Å². The molecule has 6 nitrogen and oxygen atoms in total. The molecule has 0 N–H and O–H groups in total. The predicted molar refractivity (Wildman–Crippen MR) is 78.0 cm³/mol. The van der Waals surface area contributed by atoms with Crippen molar-refractivity contribution < 1.29 is 23.0 Å². The summed E-state index contributed by atoms with van der Waals surface area (Å²) in [6.45, 7) is 3.51. The highest BCUT2D eigenvalue weighted by atomic mass is 79.9. The third-order valence-electron chi connectivity index (χ3n) is 2.95. The predicted octanol–water partition coefficient (Wildman–Crippen LogP) is 3.43. The molecule has 0 spiro atoms. The minimum absolute atomic E-state index is 0.212. The fourth-order valence-corrected chi connectivity index (χ4v) is 2.41. The summed E-state index contributed by atoms with van der Waals surface area (Å²) in [6, 6.07) is 0. The minimum atomic E-state index is -2.73. The van der Waals surface area contributed by atoms with Gasteiger partial charge in [0.15, 0.2) is 10.4 Å². The van der Waals surface area contributed by atoms with Crippen LogP contribution in [-0.4, -0.2) is 45.6 Å². The van der Waals surface area contributed by atoms with E-state index < -0.39 is 18.2 Å². The second kappa shape index (κ2) is 6.39. The first-order valence-electron chi connectivity index (χ1n) is 6.83. The lowest BCUT2D eigenvalue weighted by molar-refractivity contribution is 0.0275. The van der Waals surface area contributed by atoms with Crippen LogP contribution in [-0.2, 0) is 4.74 Å². The largest absolute Gasteiger partial charge is 0.484 e. The Bertz CT molecular complexity index is 545. The molecule has 1 saturated heterocycles. The average molecular weight is 382 g/mol. The molecule has 0 bridgehead atoms. The Morgan fingerprint density at radius 2 is 2.18 bits per heavy atom. The maximum atomic E-state index is 12.6. The molecule has 2 heterocycles. The third kappa shape index (κ3) is 4.31. The summed E-state index contributed by atoms with van der Waals surface area (Å²) in [7, 11) is 0. The van der Waals surface area contributed by atoms with Gasteiger partial charge in [-0.2, -0.15) is 13.9 Å². The molecule has 0 unspecified atom stereocenters. The van der Waals surface area contributed by atoms with Gasteiger partial charge in [-0.15, -0.1) is 0 Å². The van der Waals surface area contributed by atoms with Crippen LogP contribution in [0.1, 0.15) is 33.7 Å². The van der Waals surface area contributed by atoms with Crippen molar-refractivity contribution in [3.8, 4) is 5.75 Å². The Balaban J connectivity index is 1.92. The number of carbonyl (C=O) groups is 1. The number of rotatable bonds is 3. The van der Waals surface area contributed by atoms with E-state index in [0.717, 1.165) is 6.20 Å². The van der Waals surface area contributed by atoms with Crippen molar-refractivity contribution in [2.75, 3.05) is 13.1 Å². The summed E-state index contributed by atoms with van der Waals surface area (Å²) < 4.78 is 36.8. The lowest BCUT2D eigenvalue weighted by atomic mass is 10.2. The van der Waals surface area contributed by atoms with Crippen LogP contribution in [0.5, 0.6) is 5.75 Å². The number of hydrogen-bond acceptors (Lipinski definition) is 4. The SMILES string of the molecule is CC(C)(C)OC(=O)N1CC[C@H](Oc2cn(C(F)F)nc2Br)C1. The highest BCUT2D eigenvalue weighted by Gasteiger charge is 2.31. The molecule has 1 atom stereocenters. The maximum absolute atomic E-state index is 12.6. The van der Waals surface area contributed by atoms with Crippen LogP contribution in [0.2, 0.25) is 0 Å². The first kappa shape index (κ1) is 17.0. The summed E-state index contributed by atoms with van der Waals surface area (Å²) in [5.41, 5.74) is -0.558. The molecule has 0 aromatic carbocycles. The molecule has 1 fully saturated rings. The quantitative estimate of drug-likeness (QED) is 0.804. The summed E-state index contributed by atoms with van der Waals surface area (Å²) in [6.07, 6.45) is 1.05. The van der Waals surface area contributed by atoms with E-state index in [1.807, 2.05) is 0 Å². The minimum Gasteiger partial charge on any atom is -0.484 e. The number of aromatic nitrogens is 2. The highest BCUT2D eigenvalue weighted by molar-refractivity contribution is 9.10. The van der Waals surface area contributed by atoms with Crippen LogP contribution in [0.25, 0.3) is 0 Å². The average Bonchev–Trinajstić information content (AvgIpc) is 2.96. The van der Waals surface area contributed by atoms with Crippen molar-refractivity contribution >= 4 is 22.0 Å². The molecule has 0 aliphatic carbocycles. The Hall–Kier alpha value is -1.38. The maximum Gasteiger partial charge on any atom is 0.410 e. The number of amides is 1. The number of nitrogens with zero attached hydrogens (tertiary/aromatic N) is 3. The van der Waals surface area contributed by atoms with E-state index in [1.54, 1.807) is 25.7 Å². The zero-order valence-corrected chi connectivity index (χ0v) is 14.1. The summed E-state index contributed by atoms with van der Waals surface area (Å²) in [5.74, 6) is 0.233. The summed E-state index contributed by atoms with van der Waals surface area (Å²) in [5, 5.41) is 3.61. The van der Waals surface area contributed by atoms with Crippen LogP contribution >= 0.6 is 15.9 Å². The van der Waals surface area contributed by atoms with Crippen molar-refractivity contribution in [1.82, 2.24) is 14.7 Å². The molecule has 1 aliphatic rings. The second-order valence-corrected chi connectivity index (χ2v) is 6.75. The van der Waals surface area contributed by atoms with Gasteiger partial charge in [0.05, 0.1) is 12.7 Å². The van der Waals surface area contributed by atoms with E-state index in [4.69, 9.17) is 9.47 Å². The summed E-state index contributed by atoms with van der Waals surface area (Å²) >= 11 is 3.08. The zero-order valence-electron chi connectivity index (χ0n) is 12.6. The van der Waals surface area contributed by atoms with E-state index in [2.05, 4.69) is 21.0 Å². The van der Waals surface area contributed by atoms with Gasteiger partial charge >= 0.3 is 12.6 Å². The van der Waals surface area contributed by atoms with Crippen LogP contribution in [0, 0.1) is 0 Å².